The van der Waals surface area contributed by atoms with Crippen molar-refractivity contribution < 1.29 is 19.1 Å². The highest BCUT2D eigenvalue weighted by molar-refractivity contribution is 7.99. The largest absolute Gasteiger partial charge is 0.465 e. The van der Waals surface area contributed by atoms with Gasteiger partial charge in [-0.05, 0) is 38.3 Å². The zero-order valence-electron chi connectivity index (χ0n) is 19.0. The van der Waals surface area contributed by atoms with Gasteiger partial charge in [-0.3, -0.25) is 9.59 Å². The number of ether oxygens (including phenoxy) is 1. The maximum Gasteiger partial charge on any atom is 0.341 e. The molecular weight excluding hydrogens is 482 g/mol. The van der Waals surface area contributed by atoms with Crippen molar-refractivity contribution in [1.82, 2.24) is 14.8 Å². The third-order valence-electron chi connectivity index (χ3n) is 5.08. The van der Waals surface area contributed by atoms with Gasteiger partial charge in [0.15, 0.2) is 11.0 Å². The fraction of sp³-hybridized carbons (Fsp3) is 0.381. The number of nitrogens with zero attached hydrogens (tertiary/aromatic N) is 3. The standard InChI is InChI=1S/C21H25N5O4S3/c1-6-12-11(4)31-8-13(12)18-24-25-21(26(18)7-2)32-9-14(27)23-19-15(20(29)30-5)10(3)16(33-19)17(22)28/h8H,6-7,9H2,1-5H3,(H2,22,28)(H,23,27). The number of rotatable bonds is 9. The SMILES string of the molecule is CCc1c(-c2nnc(SCC(=O)Nc3sc(C(N)=O)c(C)c3C(=O)OC)n2CC)csc1C. The topological polar surface area (TPSA) is 129 Å². The first-order valence-corrected chi connectivity index (χ1v) is 12.9. The van der Waals surface area contributed by atoms with Gasteiger partial charge in [0.25, 0.3) is 5.91 Å². The second-order valence-electron chi connectivity index (χ2n) is 7.04. The second-order valence-corrected chi connectivity index (χ2v) is 10.1. The number of methoxy groups -OCH3 is 1. The number of amides is 2. The van der Waals surface area contributed by atoms with Crippen molar-refractivity contribution in [2.24, 2.45) is 5.73 Å². The molecule has 0 fully saturated rings. The second kappa shape index (κ2) is 10.5. The molecule has 0 radical (unpaired) electrons. The normalized spacial score (nSPS) is 10.9. The van der Waals surface area contributed by atoms with E-state index in [4.69, 9.17) is 10.5 Å². The van der Waals surface area contributed by atoms with Gasteiger partial charge in [0.05, 0.1) is 23.3 Å². The van der Waals surface area contributed by atoms with Crippen LogP contribution in [0, 0.1) is 13.8 Å². The van der Waals surface area contributed by atoms with Crippen molar-refractivity contribution in [2.45, 2.75) is 45.8 Å². The smallest absolute Gasteiger partial charge is 0.341 e. The summed E-state index contributed by atoms with van der Waals surface area (Å²) >= 11 is 3.89. The van der Waals surface area contributed by atoms with Crippen LogP contribution < -0.4 is 11.1 Å². The summed E-state index contributed by atoms with van der Waals surface area (Å²) < 4.78 is 6.78. The number of esters is 1. The summed E-state index contributed by atoms with van der Waals surface area (Å²) in [5.74, 6) is -0.835. The zero-order chi connectivity index (χ0) is 24.3. The number of carbonyl (C=O) groups excluding carboxylic acids is 3. The predicted octanol–water partition coefficient (Wildman–Crippen LogP) is 3.88. The monoisotopic (exact) mass is 507 g/mol. The maximum absolute atomic E-state index is 12.7. The van der Waals surface area contributed by atoms with Gasteiger partial charge in [-0.25, -0.2) is 4.79 Å². The van der Waals surface area contributed by atoms with Gasteiger partial charge in [0, 0.05) is 22.4 Å². The minimum Gasteiger partial charge on any atom is -0.465 e. The summed E-state index contributed by atoms with van der Waals surface area (Å²) in [6.45, 7) is 8.46. The molecule has 0 aliphatic heterocycles. The lowest BCUT2D eigenvalue weighted by molar-refractivity contribution is -0.113. The summed E-state index contributed by atoms with van der Waals surface area (Å²) in [6, 6.07) is 0. The molecule has 0 saturated carbocycles. The molecule has 3 heterocycles. The highest BCUT2D eigenvalue weighted by atomic mass is 32.2. The number of thiophene rings is 2. The van der Waals surface area contributed by atoms with E-state index in [0.717, 1.165) is 29.1 Å². The number of aryl methyl sites for hydroxylation is 1. The molecule has 0 atom stereocenters. The molecule has 33 heavy (non-hydrogen) atoms. The Labute approximate surface area is 203 Å². The molecule has 0 aromatic carbocycles. The molecule has 0 aliphatic carbocycles. The third kappa shape index (κ3) is 4.97. The Morgan fingerprint density at radius 2 is 1.97 bits per heavy atom. The van der Waals surface area contributed by atoms with Gasteiger partial charge in [0.1, 0.15) is 5.00 Å². The van der Waals surface area contributed by atoms with Crippen molar-refractivity contribution in [3.05, 3.63) is 31.8 Å². The average molecular weight is 508 g/mol. The van der Waals surface area contributed by atoms with Crippen molar-refractivity contribution >= 4 is 57.2 Å². The van der Waals surface area contributed by atoms with Crippen LogP contribution >= 0.6 is 34.4 Å². The van der Waals surface area contributed by atoms with Crippen LogP contribution in [0.25, 0.3) is 11.4 Å². The fourth-order valence-corrected chi connectivity index (χ4v) is 6.27. The number of anilines is 1. The molecule has 3 N–H and O–H groups in total. The summed E-state index contributed by atoms with van der Waals surface area (Å²) in [5, 5.41) is 14.3. The minimum absolute atomic E-state index is 0.0465. The lowest BCUT2D eigenvalue weighted by Gasteiger charge is -2.09. The molecule has 3 rings (SSSR count). The number of nitrogens with two attached hydrogens (primary N) is 1. The fourth-order valence-electron chi connectivity index (χ4n) is 3.46. The van der Waals surface area contributed by atoms with E-state index in [9.17, 15) is 14.4 Å². The average Bonchev–Trinajstić information content (AvgIpc) is 3.45. The van der Waals surface area contributed by atoms with Gasteiger partial charge in [-0.15, -0.1) is 32.9 Å². The van der Waals surface area contributed by atoms with E-state index in [-0.39, 0.29) is 27.1 Å². The highest BCUT2D eigenvalue weighted by Gasteiger charge is 2.26. The first-order chi connectivity index (χ1) is 15.7. The van der Waals surface area contributed by atoms with Crippen LogP contribution in [0.5, 0.6) is 0 Å². The van der Waals surface area contributed by atoms with Gasteiger partial charge in [0.2, 0.25) is 5.91 Å². The number of primary amides is 1. The van der Waals surface area contributed by atoms with Crippen molar-refractivity contribution in [2.75, 3.05) is 18.2 Å². The highest BCUT2D eigenvalue weighted by Crippen LogP contribution is 2.35. The van der Waals surface area contributed by atoms with Crippen LogP contribution in [0.2, 0.25) is 0 Å². The van der Waals surface area contributed by atoms with Crippen molar-refractivity contribution in [3.8, 4) is 11.4 Å². The zero-order valence-corrected chi connectivity index (χ0v) is 21.4. The third-order valence-corrected chi connectivity index (χ3v) is 8.22. The van der Waals surface area contributed by atoms with E-state index in [2.05, 4.69) is 34.7 Å². The molecule has 12 heteroatoms. The van der Waals surface area contributed by atoms with Crippen LogP contribution in [0.15, 0.2) is 10.5 Å². The molecule has 0 aliphatic rings. The summed E-state index contributed by atoms with van der Waals surface area (Å²) in [6.07, 6.45) is 0.905. The van der Waals surface area contributed by atoms with E-state index in [0.29, 0.717) is 17.3 Å². The minimum atomic E-state index is -0.670. The Hall–Kier alpha value is -2.70. The van der Waals surface area contributed by atoms with E-state index in [1.54, 1.807) is 18.3 Å². The van der Waals surface area contributed by atoms with Gasteiger partial charge in [-0.2, -0.15) is 0 Å². The molecule has 9 nitrogen and oxygen atoms in total. The van der Waals surface area contributed by atoms with Crippen molar-refractivity contribution in [1.29, 1.82) is 0 Å². The lowest BCUT2D eigenvalue weighted by atomic mass is 10.1. The van der Waals surface area contributed by atoms with Crippen molar-refractivity contribution in [3.63, 3.8) is 0 Å². The number of carbonyl (C=O) groups is 3. The van der Waals surface area contributed by atoms with E-state index >= 15 is 0 Å². The first kappa shape index (κ1) is 24.9. The Morgan fingerprint density at radius 3 is 2.58 bits per heavy atom. The Morgan fingerprint density at radius 1 is 1.24 bits per heavy atom. The molecule has 0 spiro atoms. The van der Waals surface area contributed by atoms with E-state index in [1.807, 2.05) is 11.5 Å². The Balaban J connectivity index is 1.79. The first-order valence-electron chi connectivity index (χ1n) is 10.2. The van der Waals surface area contributed by atoms with E-state index < -0.39 is 11.9 Å². The summed E-state index contributed by atoms with van der Waals surface area (Å²) in [7, 11) is 1.24. The lowest BCUT2D eigenvalue weighted by Crippen LogP contribution is -2.16. The quantitative estimate of drug-likeness (QED) is 0.332. The number of thioether (sulfide) groups is 1. The van der Waals surface area contributed by atoms with Crippen LogP contribution in [0.3, 0.4) is 0 Å². The molecule has 176 valence electrons. The van der Waals surface area contributed by atoms with Gasteiger partial charge >= 0.3 is 5.97 Å². The van der Waals surface area contributed by atoms with Crippen LogP contribution in [0.4, 0.5) is 5.00 Å². The Kier molecular flexibility index (Phi) is 7.92. The molecule has 0 saturated heterocycles. The number of hydrogen-bond acceptors (Lipinski definition) is 9. The van der Waals surface area contributed by atoms with Crippen LogP contribution in [-0.4, -0.2) is 45.4 Å². The maximum atomic E-state index is 12.7. The Bertz CT molecular complexity index is 1210. The molecule has 2 amide bonds. The van der Waals surface area contributed by atoms with Gasteiger partial charge in [-0.1, -0.05) is 18.7 Å². The number of aromatic nitrogens is 3. The predicted molar refractivity (Wildman–Crippen MR) is 131 cm³/mol. The number of hydrogen-bond donors (Lipinski definition) is 2. The summed E-state index contributed by atoms with van der Waals surface area (Å²) in [4.78, 5) is 38.0. The summed E-state index contributed by atoms with van der Waals surface area (Å²) in [5.41, 5.74) is 8.24. The van der Waals surface area contributed by atoms with Crippen LogP contribution in [-0.2, 0) is 22.5 Å². The number of nitrogens with one attached hydrogen (secondary N) is 1. The van der Waals surface area contributed by atoms with E-state index in [1.165, 1.54) is 29.3 Å². The molecule has 0 unspecified atom stereocenters. The molecule has 0 bridgehead atoms. The van der Waals surface area contributed by atoms with Gasteiger partial charge < -0.3 is 20.4 Å². The molecule has 3 aromatic rings. The molecule has 3 aromatic heterocycles. The molecular formula is C21H25N5O4S3. The van der Waals surface area contributed by atoms with Crippen LogP contribution in [0.1, 0.15) is 49.9 Å².